The molecule has 5 nitrogen and oxygen atoms in total. The molecule has 0 saturated carbocycles. The predicted molar refractivity (Wildman–Crippen MR) is 100 cm³/mol. The second kappa shape index (κ2) is 11.8. The summed E-state index contributed by atoms with van der Waals surface area (Å²) in [6, 6.07) is 0. The Labute approximate surface area is 146 Å². The number of guanidine groups is 1. The van der Waals surface area contributed by atoms with Crippen LogP contribution in [0.3, 0.4) is 0 Å². The van der Waals surface area contributed by atoms with Crippen LogP contribution in [0.4, 0.5) is 0 Å². The number of rotatable bonds is 8. The number of halogens is 1. The molecule has 0 atom stereocenters. The molecule has 21 heavy (non-hydrogen) atoms. The number of imidazole rings is 1. The first-order chi connectivity index (χ1) is 9.67. The van der Waals surface area contributed by atoms with Crippen molar-refractivity contribution in [2.75, 3.05) is 13.1 Å². The Hall–Kier alpha value is -0.790. The van der Waals surface area contributed by atoms with Gasteiger partial charge in [-0.3, -0.25) is 0 Å². The van der Waals surface area contributed by atoms with E-state index in [4.69, 9.17) is 0 Å². The largest absolute Gasteiger partial charge is 0.357 e. The summed E-state index contributed by atoms with van der Waals surface area (Å²) in [6.45, 7) is 12.1. The minimum atomic E-state index is 0. The molecule has 0 aliphatic rings. The third-order valence-corrected chi connectivity index (χ3v) is 2.91. The van der Waals surface area contributed by atoms with Gasteiger partial charge in [0, 0.05) is 32.0 Å². The topological polar surface area (TPSA) is 54.2 Å². The van der Waals surface area contributed by atoms with Gasteiger partial charge in [-0.05, 0) is 19.3 Å². The van der Waals surface area contributed by atoms with Crippen molar-refractivity contribution in [1.82, 2.24) is 20.2 Å². The molecule has 0 bridgehead atoms. The van der Waals surface area contributed by atoms with E-state index < -0.39 is 0 Å². The summed E-state index contributed by atoms with van der Waals surface area (Å²) in [5.74, 6) is 2.51. The maximum absolute atomic E-state index is 4.61. The van der Waals surface area contributed by atoms with E-state index in [1.165, 1.54) is 6.42 Å². The van der Waals surface area contributed by atoms with Crippen molar-refractivity contribution in [3.05, 3.63) is 18.2 Å². The molecular weight excluding hydrogens is 377 g/mol. The smallest absolute Gasteiger partial charge is 0.191 e. The number of hydrogen-bond donors (Lipinski definition) is 2. The van der Waals surface area contributed by atoms with Gasteiger partial charge in [0.25, 0.3) is 0 Å². The van der Waals surface area contributed by atoms with Crippen molar-refractivity contribution in [3.63, 3.8) is 0 Å². The fraction of sp³-hybridized carbons (Fsp3) is 0.733. The highest BCUT2D eigenvalue weighted by atomic mass is 127. The number of nitrogens with one attached hydrogen (secondary N) is 2. The number of nitrogens with zero attached hydrogens (tertiary/aromatic N) is 3. The third-order valence-electron chi connectivity index (χ3n) is 2.91. The summed E-state index contributed by atoms with van der Waals surface area (Å²) < 4.78 is 2.18. The van der Waals surface area contributed by atoms with Crippen LogP contribution in [0.15, 0.2) is 17.4 Å². The summed E-state index contributed by atoms with van der Waals surface area (Å²) in [7, 11) is 0. The van der Waals surface area contributed by atoms with Crippen LogP contribution in [0.5, 0.6) is 0 Å². The number of aliphatic imine (C=N–C) groups is 1. The van der Waals surface area contributed by atoms with Crippen LogP contribution in [0.2, 0.25) is 0 Å². The molecule has 2 N–H and O–H groups in total. The quantitative estimate of drug-likeness (QED) is 0.302. The molecule has 0 aliphatic carbocycles. The average Bonchev–Trinajstić information content (AvgIpc) is 2.82. The molecule has 122 valence electrons. The van der Waals surface area contributed by atoms with E-state index in [1.807, 2.05) is 12.4 Å². The highest BCUT2D eigenvalue weighted by Crippen LogP contribution is 2.04. The Morgan fingerprint density at radius 3 is 2.71 bits per heavy atom. The fourth-order valence-electron chi connectivity index (χ4n) is 1.93. The Kier molecular flexibility index (Phi) is 11.4. The predicted octanol–water partition coefficient (Wildman–Crippen LogP) is 3.01. The van der Waals surface area contributed by atoms with Crippen LogP contribution in [0.25, 0.3) is 0 Å². The van der Waals surface area contributed by atoms with Crippen molar-refractivity contribution < 1.29 is 0 Å². The molecule has 0 saturated heterocycles. The van der Waals surface area contributed by atoms with Crippen molar-refractivity contribution >= 4 is 29.9 Å². The zero-order valence-corrected chi connectivity index (χ0v) is 16.1. The van der Waals surface area contributed by atoms with E-state index in [0.29, 0.717) is 12.5 Å². The van der Waals surface area contributed by atoms with Crippen LogP contribution in [0.1, 0.15) is 46.4 Å². The molecule has 0 fully saturated rings. The van der Waals surface area contributed by atoms with Crippen LogP contribution in [-0.2, 0) is 13.1 Å². The van der Waals surface area contributed by atoms with Crippen molar-refractivity contribution in [3.8, 4) is 0 Å². The first-order valence-corrected chi connectivity index (χ1v) is 7.69. The van der Waals surface area contributed by atoms with Crippen molar-refractivity contribution in [2.45, 2.75) is 53.6 Å². The normalized spacial score (nSPS) is 11.4. The molecule has 0 unspecified atom stereocenters. The summed E-state index contributed by atoms with van der Waals surface area (Å²) in [6.07, 6.45) is 6.23. The molecule has 0 aliphatic heterocycles. The van der Waals surface area contributed by atoms with Gasteiger partial charge < -0.3 is 15.2 Å². The van der Waals surface area contributed by atoms with Gasteiger partial charge in [-0.15, -0.1) is 24.0 Å². The highest BCUT2D eigenvalue weighted by molar-refractivity contribution is 14.0. The van der Waals surface area contributed by atoms with E-state index in [9.17, 15) is 0 Å². The van der Waals surface area contributed by atoms with Gasteiger partial charge in [-0.25, -0.2) is 9.98 Å². The molecule has 0 spiro atoms. The standard InChI is InChI=1S/C15H29N5.HI/c1-5-7-8-18-15(16-6-2)19-11-14-17-9-10-20(14)12-13(3)4;/h9-10,13H,5-8,11-12H2,1-4H3,(H2,16,18,19);1H. The Morgan fingerprint density at radius 1 is 1.33 bits per heavy atom. The van der Waals surface area contributed by atoms with Gasteiger partial charge >= 0.3 is 0 Å². The molecule has 1 rings (SSSR count). The number of unbranched alkanes of at least 4 members (excludes halogenated alkanes) is 1. The highest BCUT2D eigenvalue weighted by Gasteiger charge is 2.04. The van der Waals surface area contributed by atoms with Gasteiger partial charge in [-0.1, -0.05) is 27.2 Å². The monoisotopic (exact) mass is 407 g/mol. The molecular formula is C15H30IN5. The van der Waals surface area contributed by atoms with Gasteiger partial charge in [0.1, 0.15) is 12.4 Å². The molecule has 1 aromatic rings. The SMILES string of the molecule is CCCCNC(=NCc1nccn1CC(C)C)NCC.I. The van der Waals surface area contributed by atoms with E-state index in [0.717, 1.165) is 37.8 Å². The molecule has 6 heteroatoms. The van der Waals surface area contributed by atoms with Crippen LogP contribution in [0, 0.1) is 5.92 Å². The average molecular weight is 407 g/mol. The first-order valence-electron chi connectivity index (χ1n) is 7.69. The molecule has 0 radical (unpaired) electrons. The molecule has 0 aromatic carbocycles. The first kappa shape index (κ1) is 20.2. The zero-order chi connectivity index (χ0) is 14.8. The lowest BCUT2D eigenvalue weighted by Gasteiger charge is -2.12. The number of aromatic nitrogens is 2. The van der Waals surface area contributed by atoms with E-state index in [1.54, 1.807) is 0 Å². The van der Waals surface area contributed by atoms with Crippen molar-refractivity contribution in [2.24, 2.45) is 10.9 Å². The summed E-state index contributed by atoms with van der Waals surface area (Å²) in [5, 5.41) is 6.61. The van der Waals surface area contributed by atoms with E-state index >= 15 is 0 Å². The maximum Gasteiger partial charge on any atom is 0.191 e. The lowest BCUT2D eigenvalue weighted by atomic mass is 10.2. The van der Waals surface area contributed by atoms with Gasteiger partial charge in [0.15, 0.2) is 5.96 Å². The third kappa shape index (κ3) is 8.28. The fourth-order valence-corrected chi connectivity index (χ4v) is 1.93. The van der Waals surface area contributed by atoms with Gasteiger partial charge in [0.05, 0.1) is 0 Å². The Morgan fingerprint density at radius 2 is 2.10 bits per heavy atom. The lowest BCUT2D eigenvalue weighted by molar-refractivity contribution is 0.507. The minimum absolute atomic E-state index is 0. The minimum Gasteiger partial charge on any atom is -0.357 e. The van der Waals surface area contributed by atoms with Gasteiger partial charge in [0.2, 0.25) is 0 Å². The molecule has 0 amide bonds. The molecule has 1 heterocycles. The van der Waals surface area contributed by atoms with Crippen LogP contribution < -0.4 is 10.6 Å². The lowest BCUT2D eigenvalue weighted by Crippen LogP contribution is -2.37. The Balaban J connectivity index is 0.00000400. The van der Waals surface area contributed by atoms with Crippen LogP contribution in [-0.4, -0.2) is 28.6 Å². The van der Waals surface area contributed by atoms with Gasteiger partial charge in [-0.2, -0.15) is 0 Å². The maximum atomic E-state index is 4.61. The van der Waals surface area contributed by atoms with E-state index in [-0.39, 0.29) is 24.0 Å². The van der Waals surface area contributed by atoms with E-state index in [2.05, 4.69) is 52.9 Å². The van der Waals surface area contributed by atoms with Crippen molar-refractivity contribution in [1.29, 1.82) is 0 Å². The number of hydrogen-bond acceptors (Lipinski definition) is 2. The second-order valence-corrected chi connectivity index (χ2v) is 5.37. The summed E-state index contributed by atoms with van der Waals surface area (Å²) >= 11 is 0. The second-order valence-electron chi connectivity index (χ2n) is 5.37. The summed E-state index contributed by atoms with van der Waals surface area (Å²) in [4.78, 5) is 9.00. The zero-order valence-electron chi connectivity index (χ0n) is 13.7. The summed E-state index contributed by atoms with van der Waals surface area (Å²) in [5.41, 5.74) is 0. The van der Waals surface area contributed by atoms with Crippen LogP contribution >= 0.6 is 24.0 Å². The Bertz CT molecular complexity index is 401. The molecule has 1 aromatic heterocycles.